The van der Waals surface area contributed by atoms with Crippen molar-refractivity contribution in [3.05, 3.63) is 24.3 Å². The molecule has 0 radical (unpaired) electrons. The van der Waals surface area contributed by atoms with Crippen LogP contribution in [0.25, 0.3) is 0 Å². The van der Waals surface area contributed by atoms with Crippen molar-refractivity contribution in [3.8, 4) is 5.75 Å². The number of hydrogen-bond donors (Lipinski definition) is 2. The average molecular weight is 222 g/mol. The molecule has 1 aromatic carbocycles. The fourth-order valence-electron chi connectivity index (χ4n) is 1.27. The van der Waals surface area contributed by atoms with E-state index in [1.54, 1.807) is 0 Å². The lowest BCUT2D eigenvalue weighted by molar-refractivity contribution is 0.240. The predicted molar refractivity (Wildman–Crippen MR) is 64.5 cm³/mol. The topological polar surface area (TPSA) is 53.8 Å². The molecule has 0 fully saturated rings. The van der Waals surface area contributed by atoms with E-state index in [4.69, 9.17) is 9.94 Å². The van der Waals surface area contributed by atoms with Gasteiger partial charge >= 0.3 is 0 Å². The minimum absolute atomic E-state index is 0.759. The highest BCUT2D eigenvalue weighted by Crippen LogP contribution is 2.17. The zero-order valence-corrected chi connectivity index (χ0v) is 9.52. The van der Waals surface area contributed by atoms with Crippen molar-refractivity contribution in [1.29, 1.82) is 0 Å². The largest absolute Gasteiger partial charge is 0.494 e. The molecule has 0 aliphatic heterocycles. The van der Waals surface area contributed by atoms with E-state index in [0.717, 1.165) is 24.5 Å². The monoisotopic (exact) mass is 222 g/mol. The first-order chi connectivity index (χ1) is 7.86. The Hall–Kier alpha value is -1.55. The van der Waals surface area contributed by atoms with Gasteiger partial charge in [-0.25, -0.2) is 4.99 Å². The third-order valence-electron chi connectivity index (χ3n) is 2.12. The maximum Gasteiger partial charge on any atom is 0.119 e. The number of nitrogens with zero attached hydrogens (tertiary/aromatic N) is 1. The van der Waals surface area contributed by atoms with E-state index in [0.29, 0.717) is 0 Å². The summed E-state index contributed by atoms with van der Waals surface area (Å²) in [4.78, 5) is 3.93. The van der Waals surface area contributed by atoms with Gasteiger partial charge in [-0.3, -0.25) is 10.7 Å². The highest BCUT2D eigenvalue weighted by atomic mass is 16.5. The maximum atomic E-state index is 8.32. The Bertz CT molecular complexity index is 309. The molecule has 0 amide bonds. The molecule has 0 aliphatic carbocycles. The number of benzene rings is 1. The Kier molecular flexibility index (Phi) is 6.03. The van der Waals surface area contributed by atoms with E-state index >= 15 is 0 Å². The molecule has 16 heavy (non-hydrogen) atoms. The van der Waals surface area contributed by atoms with Crippen LogP contribution in [0.2, 0.25) is 0 Å². The van der Waals surface area contributed by atoms with Crippen LogP contribution in [0.15, 0.2) is 29.3 Å². The summed E-state index contributed by atoms with van der Waals surface area (Å²) in [6.07, 6.45) is 4.71. The van der Waals surface area contributed by atoms with E-state index in [2.05, 4.69) is 11.9 Å². The minimum atomic E-state index is 0.759. The molecular formula is C12H18N2O2. The van der Waals surface area contributed by atoms with Crippen LogP contribution in [-0.4, -0.2) is 18.2 Å². The standard InChI is InChI=1S/C12H18N2O2/c1-2-3-4-9-16-12-7-5-11(6-8-12)13-10-14-15/h5-8,10,15H,2-4,9H2,1H3,(H,13,14). The lowest BCUT2D eigenvalue weighted by atomic mass is 10.2. The van der Waals surface area contributed by atoms with E-state index < -0.39 is 0 Å². The second-order valence-corrected chi connectivity index (χ2v) is 3.44. The van der Waals surface area contributed by atoms with Crippen molar-refractivity contribution >= 4 is 12.0 Å². The zero-order valence-electron chi connectivity index (χ0n) is 9.52. The van der Waals surface area contributed by atoms with Gasteiger partial charge < -0.3 is 4.74 Å². The SMILES string of the molecule is CCCCCOc1ccc(N=CNO)cc1. The summed E-state index contributed by atoms with van der Waals surface area (Å²) in [7, 11) is 0. The first-order valence-corrected chi connectivity index (χ1v) is 5.52. The number of nitrogens with one attached hydrogen (secondary N) is 1. The Balaban J connectivity index is 2.36. The summed E-state index contributed by atoms with van der Waals surface area (Å²) < 4.78 is 5.55. The third kappa shape index (κ3) is 4.79. The molecule has 0 bridgehead atoms. The molecule has 0 saturated carbocycles. The normalized spacial score (nSPS) is 10.6. The van der Waals surface area contributed by atoms with Crippen molar-refractivity contribution in [2.24, 2.45) is 4.99 Å². The van der Waals surface area contributed by atoms with Gasteiger partial charge in [0.05, 0.1) is 12.3 Å². The number of unbranched alkanes of at least 4 members (excludes halogenated alkanes) is 2. The number of hydrogen-bond acceptors (Lipinski definition) is 3. The number of aliphatic imine (C=N–C) groups is 1. The molecule has 0 unspecified atom stereocenters. The van der Waals surface area contributed by atoms with Crippen molar-refractivity contribution in [1.82, 2.24) is 5.48 Å². The number of ether oxygens (including phenoxy) is 1. The fraction of sp³-hybridized carbons (Fsp3) is 0.417. The summed E-state index contributed by atoms with van der Waals surface area (Å²) in [5.74, 6) is 0.854. The molecule has 0 atom stereocenters. The van der Waals surface area contributed by atoms with Gasteiger partial charge in [0.2, 0.25) is 0 Å². The van der Waals surface area contributed by atoms with Crippen molar-refractivity contribution in [2.45, 2.75) is 26.2 Å². The first-order valence-electron chi connectivity index (χ1n) is 5.52. The first kappa shape index (κ1) is 12.5. The van der Waals surface area contributed by atoms with Crippen LogP contribution >= 0.6 is 0 Å². The van der Waals surface area contributed by atoms with Gasteiger partial charge in [-0.2, -0.15) is 0 Å². The smallest absolute Gasteiger partial charge is 0.119 e. The van der Waals surface area contributed by atoms with Crippen molar-refractivity contribution in [2.75, 3.05) is 6.61 Å². The molecule has 0 saturated heterocycles. The molecule has 0 aliphatic rings. The van der Waals surface area contributed by atoms with Crippen LogP contribution in [0.4, 0.5) is 5.69 Å². The fourth-order valence-corrected chi connectivity index (χ4v) is 1.27. The van der Waals surface area contributed by atoms with Crippen LogP contribution < -0.4 is 10.2 Å². The molecule has 4 heteroatoms. The average Bonchev–Trinajstić information content (AvgIpc) is 2.33. The molecule has 4 nitrogen and oxygen atoms in total. The summed E-state index contributed by atoms with van der Waals surface area (Å²) in [6.45, 7) is 2.93. The molecule has 2 N–H and O–H groups in total. The van der Waals surface area contributed by atoms with E-state index in [1.165, 1.54) is 19.2 Å². The Labute approximate surface area is 95.9 Å². The molecule has 1 rings (SSSR count). The second kappa shape index (κ2) is 7.70. The summed E-state index contributed by atoms with van der Waals surface area (Å²) in [5.41, 5.74) is 2.62. The van der Waals surface area contributed by atoms with Gasteiger partial charge in [0.15, 0.2) is 0 Å². The van der Waals surface area contributed by atoms with Gasteiger partial charge in [-0.15, -0.1) is 0 Å². The Morgan fingerprint density at radius 3 is 2.69 bits per heavy atom. The summed E-state index contributed by atoms with van der Waals surface area (Å²) >= 11 is 0. The van der Waals surface area contributed by atoms with Gasteiger partial charge in [0, 0.05) is 0 Å². The van der Waals surface area contributed by atoms with Crippen LogP contribution in [-0.2, 0) is 0 Å². The summed E-state index contributed by atoms with van der Waals surface area (Å²) in [6, 6.07) is 7.41. The van der Waals surface area contributed by atoms with Gasteiger partial charge in [0.1, 0.15) is 12.1 Å². The van der Waals surface area contributed by atoms with Gasteiger partial charge in [-0.05, 0) is 30.7 Å². The van der Waals surface area contributed by atoms with Crippen LogP contribution in [0, 0.1) is 0 Å². The molecular weight excluding hydrogens is 204 g/mol. The number of rotatable bonds is 7. The molecule has 0 spiro atoms. The Morgan fingerprint density at radius 1 is 1.31 bits per heavy atom. The van der Waals surface area contributed by atoms with Crippen molar-refractivity contribution < 1.29 is 9.94 Å². The molecule has 1 aromatic rings. The van der Waals surface area contributed by atoms with E-state index in [1.807, 2.05) is 29.7 Å². The molecule has 0 heterocycles. The van der Waals surface area contributed by atoms with Crippen LogP contribution in [0.3, 0.4) is 0 Å². The van der Waals surface area contributed by atoms with Gasteiger partial charge in [0.25, 0.3) is 0 Å². The van der Waals surface area contributed by atoms with Crippen LogP contribution in [0.5, 0.6) is 5.75 Å². The predicted octanol–water partition coefficient (Wildman–Crippen LogP) is 2.89. The highest BCUT2D eigenvalue weighted by Gasteiger charge is 1.93. The quantitative estimate of drug-likeness (QED) is 0.323. The second-order valence-electron chi connectivity index (χ2n) is 3.44. The lowest BCUT2D eigenvalue weighted by Crippen LogP contribution is -2.00. The van der Waals surface area contributed by atoms with Crippen molar-refractivity contribution in [3.63, 3.8) is 0 Å². The minimum Gasteiger partial charge on any atom is -0.494 e. The third-order valence-corrected chi connectivity index (χ3v) is 2.12. The highest BCUT2D eigenvalue weighted by molar-refractivity contribution is 5.59. The van der Waals surface area contributed by atoms with Crippen LogP contribution in [0.1, 0.15) is 26.2 Å². The molecule has 88 valence electrons. The lowest BCUT2D eigenvalue weighted by Gasteiger charge is -2.05. The number of hydroxylamine groups is 1. The zero-order chi connectivity index (χ0) is 11.6. The maximum absolute atomic E-state index is 8.32. The van der Waals surface area contributed by atoms with Gasteiger partial charge in [-0.1, -0.05) is 19.8 Å². The van der Waals surface area contributed by atoms with E-state index in [-0.39, 0.29) is 0 Å². The Morgan fingerprint density at radius 2 is 2.06 bits per heavy atom. The molecule has 0 aromatic heterocycles. The van der Waals surface area contributed by atoms with E-state index in [9.17, 15) is 0 Å². The summed E-state index contributed by atoms with van der Waals surface area (Å²) in [5, 5.41) is 8.32.